The van der Waals surface area contributed by atoms with Gasteiger partial charge in [0.25, 0.3) is 0 Å². The molecular weight excluding hydrogens is 512 g/mol. The van der Waals surface area contributed by atoms with E-state index in [1.807, 2.05) is 20.8 Å². The van der Waals surface area contributed by atoms with Crippen LogP contribution in [-0.4, -0.2) is 66.6 Å². The minimum absolute atomic E-state index is 0.0407. The molecule has 0 spiro atoms. The number of amides is 1. The van der Waals surface area contributed by atoms with Crippen LogP contribution < -0.4 is 20.8 Å². The number of hydrogen-bond acceptors (Lipinski definition) is 8. The fourth-order valence-corrected chi connectivity index (χ4v) is 6.19. The van der Waals surface area contributed by atoms with E-state index in [1.165, 1.54) is 0 Å². The molecule has 3 unspecified atom stereocenters. The monoisotopic (exact) mass is 550 g/mol. The molecule has 38 heavy (non-hydrogen) atoms. The van der Waals surface area contributed by atoms with Crippen molar-refractivity contribution in [1.82, 2.24) is 25.5 Å². The summed E-state index contributed by atoms with van der Waals surface area (Å²) in [6.07, 6.45) is 2.81. The molecule has 13 heteroatoms. The minimum Gasteiger partial charge on any atom is -0.480 e. The first-order valence-corrected chi connectivity index (χ1v) is 14.1. The number of H-pyrrole nitrogens is 1. The number of carbonyl (C=O) groups is 2. The molecule has 0 radical (unpaired) electrons. The van der Waals surface area contributed by atoms with Crippen LogP contribution in [0.25, 0.3) is 0 Å². The first-order chi connectivity index (χ1) is 17.9. The van der Waals surface area contributed by atoms with Gasteiger partial charge in [0.15, 0.2) is 0 Å². The van der Waals surface area contributed by atoms with Gasteiger partial charge in [0, 0.05) is 25.2 Å². The van der Waals surface area contributed by atoms with Crippen LogP contribution in [0.3, 0.4) is 0 Å². The number of aliphatic carboxylic acids is 1. The molecule has 12 nitrogen and oxygen atoms in total. The van der Waals surface area contributed by atoms with Crippen molar-refractivity contribution in [2.24, 2.45) is 0 Å². The van der Waals surface area contributed by atoms with Crippen molar-refractivity contribution in [3.05, 3.63) is 40.2 Å². The molecule has 1 amide bonds. The second kappa shape index (κ2) is 12.7. The predicted molar refractivity (Wildman–Crippen MR) is 142 cm³/mol. The Morgan fingerprint density at radius 2 is 1.84 bits per heavy atom. The number of hydrogen-bond donors (Lipinski definition) is 6. The van der Waals surface area contributed by atoms with Gasteiger partial charge in [-0.2, -0.15) is 10.2 Å². The lowest BCUT2D eigenvalue weighted by Crippen LogP contribution is -2.51. The van der Waals surface area contributed by atoms with Crippen molar-refractivity contribution < 1.29 is 28.0 Å². The number of nitrogens with zero attached hydrogens (tertiary/aromatic N) is 1. The number of aromatic nitrogens is 2. The van der Waals surface area contributed by atoms with E-state index in [9.17, 15) is 23.1 Å². The molecular formula is C25H38N6O6S. The van der Waals surface area contributed by atoms with E-state index in [0.717, 1.165) is 48.7 Å². The number of anilines is 1. The number of imidazole rings is 1. The standard InChI is InChI=1S/C25H38N6O6S/c1-14-10-15(2)22(16(3)11-14)38(35,36)31-21(24(33)34)13-27-23(32)20-12-19(37-30-20)8-6-7-9-26-25-28-17(4)18(5)29-25/h10-11,19-21,30-31H,6-9,12-13H2,1-5H3,(H,27,32)(H,33,34)(H2,26,28,29). The van der Waals surface area contributed by atoms with E-state index >= 15 is 0 Å². The highest BCUT2D eigenvalue weighted by molar-refractivity contribution is 7.89. The zero-order chi connectivity index (χ0) is 28.0. The summed E-state index contributed by atoms with van der Waals surface area (Å²) in [5.74, 6) is -1.09. The van der Waals surface area contributed by atoms with E-state index < -0.39 is 40.5 Å². The van der Waals surface area contributed by atoms with Gasteiger partial charge in [-0.25, -0.2) is 13.4 Å². The molecule has 2 heterocycles. The fourth-order valence-electron chi connectivity index (χ4n) is 4.55. The number of sulfonamides is 1. The lowest BCUT2D eigenvalue weighted by Gasteiger charge is -2.19. The topological polar surface area (TPSA) is 175 Å². The molecule has 6 N–H and O–H groups in total. The van der Waals surface area contributed by atoms with Gasteiger partial charge in [-0.1, -0.05) is 17.7 Å². The molecule has 1 aromatic carbocycles. The summed E-state index contributed by atoms with van der Waals surface area (Å²) in [5.41, 5.74) is 6.64. The number of nitrogens with one attached hydrogen (secondary N) is 5. The van der Waals surface area contributed by atoms with E-state index in [-0.39, 0.29) is 11.0 Å². The molecule has 0 saturated carbocycles. The summed E-state index contributed by atoms with van der Waals surface area (Å²) in [5, 5.41) is 15.4. The second-order valence-corrected chi connectivity index (χ2v) is 11.5. The molecule has 1 aliphatic heterocycles. The van der Waals surface area contributed by atoms with Crippen molar-refractivity contribution >= 4 is 27.8 Å². The van der Waals surface area contributed by atoms with Crippen LogP contribution in [0.15, 0.2) is 17.0 Å². The van der Waals surface area contributed by atoms with Gasteiger partial charge in [-0.05, 0) is 65.0 Å². The van der Waals surface area contributed by atoms with Gasteiger partial charge in [0.2, 0.25) is 21.9 Å². The average molecular weight is 551 g/mol. The Labute approximate surface area is 223 Å². The lowest BCUT2D eigenvalue weighted by molar-refractivity contribution is -0.139. The summed E-state index contributed by atoms with van der Waals surface area (Å²) in [6.45, 7) is 9.44. The SMILES string of the molecule is Cc1cc(C)c(S(=O)(=O)NC(CNC(=O)C2CC(CCCCNc3nc(C)c(C)[nH]3)ON2)C(=O)O)c(C)c1. The van der Waals surface area contributed by atoms with E-state index in [4.69, 9.17) is 4.84 Å². The third kappa shape index (κ3) is 7.76. The molecule has 1 fully saturated rings. The van der Waals surface area contributed by atoms with Crippen molar-refractivity contribution in [1.29, 1.82) is 0 Å². The first kappa shape index (κ1) is 29.6. The van der Waals surface area contributed by atoms with Crippen LogP contribution in [-0.2, 0) is 24.4 Å². The van der Waals surface area contributed by atoms with Gasteiger partial charge in [0.05, 0.1) is 16.7 Å². The Hall–Kier alpha value is -3.00. The Morgan fingerprint density at radius 3 is 2.45 bits per heavy atom. The number of rotatable bonds is 13. The number of unbranched alkanes of at least 4 members (excludes halogenated alkanes) is 1. The van der Waals surface area contributed by atoms with Gasteiger partial charge < -0.3 is 20.7 Å². The maximum absolute atomic E-state index is 13.0. The number of carboxylic acids is 1. The van der Waals surface area contributed by atoms with Crippen molar-refractivity contribution in [2.45, 2.75) is 83.4 Å². The molecule has 3 rings (SSSR count). The zero-order valence-electron chi connectivity index (χ0n) is 22.5. The molecule has 3 atom stereocenters. The molecule has 210 valence electrons. The van der Waals surface area contributed by atoms with Gasteiger partial charge in [-0.15, -0.1) is 0 Å². The zero-order valence-corrected chi connectivity index (χ0v) is 23.3. The predicted octanol–water partition coefficient (Wildman–Crippen LogP) is 1.74. The van der Waals surface area contributed by atoms with Crippen molar-refractivity contribution in [3.63, 3.8) is 0 Å². The van der Waals surface area contributed by atoms with Crippen LogP contribution in [0, 0.1) is 34.6 Å². The van der Waals surface area contributed by atoms with Crippen LogP contribution >= 0.6 is 0 Å². The van der Waals surface area contributed by atoms with Crippen molar-refractivity contribution in [3.8, 4) is 0 Å². The third-order valence-corrected chi connectivity index (χ3v) is 8.29. The average Bonchev–Trinajstić information content (AvgIpc) is 3.41. The maximum Gasteiger partial charge on any atom is 0.323 e. The molecule has 2 aromatic rings. The number of carboxylic acid groups (broad SMARTS) is 1. The minimum atomic E-state index is -4.13. The van der Waals surface area contributed by atoms with Crippen LogP contribution in [0.2, 0.25) is 0 Å². The van der Waals surface area contributed by atoms with Gasteiger partial charge >= 0.3 is 5.97 Å². The largest absolute Gasteiger partial charge is 0.480 e. The molecule has 1 saturated heterocycles. The van der Waals surface area contributed by atoms with E-state index in [2.05, 4.69) is 30.8 Å². The normalized spacial score (nSPS) is 18.3. The summed E-state index contributed by atoms with van der Waals surface area (Å²) >= 11 is 0. The number of benzene rings is 1. The fraction of sp³-hybridized carbons (Fsp3) is 0.560. The lowest BCUT2D eigenvalue weighted by atomic mass is 10.1. The summed E-state index contributed by atoms with van der Waals surface area (Å²) < 4.78 is 28.1. The molecule has 1 aromatic heterocycles. The number of aryl methyl sites for hydroxylation is 5. The smallest absolute Gasteiger partial charge is 0.323 e. The quantitative estimate of drug-likeness (QED) is 0.203. The molecule has 0 bridgehead atoms. The van der Waals surface area contributed by atoms with E-state index in [1.54, 1.807) is 26.0 Å². The van der Waals surface area contributed by atoms with E-state index in [0.29, 0.717) is 17.5 Å². The van der Waals surface area contributed by atoms with Crippen molar-refractivity contribution in [2.75, 3.05) is 18.4 Å². The van der Waals surface area contributed by atoms with Gasteiger partial charge in [0.1, 0.15) is 12.1 Å². The highest BCUT2D eigenvalue weighted by Gasteiger charge is 2.32. The Morgan fingerprint density at radius 1 is 1.16 bits per heavy atom. The van der Waals surface area contributed by atoms with Crippen LogP contribution in [0.1, 0.15) is 53.8 Å². The van der Waals surface area contributed by atoms with Crippen LogP contribution in [0.5, 0.6) is 0 Å². The maximum atomic E-state index is 13.0. The first-order valence-electron chi connectivity index (χ1n) is 12.7. The highest BCUT2D eigenvalue weighted by Crippen LogP contribution is 2.22. The molecule has 0 aliphatic carbocycles. The van der Waals surface area contributed by atoms with Gasteiger partial charge in [-0.3, -0.25) is 14.4 Å². The Balaban J connectivity index is 1.43. The number of aromatic amines is 1. The third-order valence-electron chi connectivity index (χ3n) is 6.51. The number of hydroxylamine groups is 1. The summed E-state index contributed by atoms with van der Waals surface area (Å²) in [4.78, 5) is 37.5. The second-order valence-electron chi connectivity index (χ2n) is 9.85. The summed E-state index contributed by atoms with van der Waals surface area (Å²) in [6, 6.07) is 1.26. The number of carbonyl (C=O) groups excluding carboxylic acids is 1. The summed E-state index contributed by atoms with van der Waals surface area (Å²) in [7, 11) is -4.13. The Kier molecular flexibility index (Phi) is 9.88. The molecule has 1 aliphatic rings. The Bertz CT molecular complexity index is 1220. The van der Waals surface area contributed by atoms with Crippen LogP contribution in [0.4, 0.5) is 5.95 Å². The highest BCUT2D eigenvalue weighted by atomic mass is 32.2.